The minimum absolute atomic E-state index is 0.120. The van der Waals surface area contributed by atoms with Gasteiger partial charge < -0.3 is 20.3 Å². The fourth-order valence-corrected chi connectivity index (χ4v) is 4.22. The van der Waals surface area contributed by atoms with E-state index in [-0.39, 0.29) is 12.1 Å². The number of guanidine groups is 1. The number of rotatable bonds is 5. The minimum Gasteiger partial charge on any atom is -0.444 e. The van der Waals surface area contributed by atoms with Crippen molar-refractivity contribution in [2.24, 2.45) is 16.3 Å². The highest BCUT2D eigenvalue weighted by atomic mass is 16.6. The van der Waals surface area contributed by atoms with Crippen LogP contribution in [0.15, 0.2) is 4.99 Å². The summed E-state index contributed by atoms with van der Waals surface area (Å²) < 4.78 is 5.38. The Balaban J connectivity index is 1.54. The van der Waals surface area contributed by atoms with Gasteiger partial charge in [-0.25, -0.2) is 4.79 Å². The molecule has 0 aromatic rings. The summed E-state index contributed by atoms with van der Waals surface area (Å²) in [6.07, 6.45) is 7.47. The van der Waals surface area contributed by atoms with E-state index < -0.39 is 5.60 Å². The van der Waals surface area contributed by atoms with Gasteiger partial charge in [-0.15, -0.1) is 0 Å². The smallest absolute Gasteiger partial charge is 0.407 e. The van der Waals surface area contributed by atoms with Crippen LogP contribution in [0.5, 0.6) is 0 Å². The number of hydrogen-bond donors (Lipinski definition) is 2. The van der Waals surface area contributed by atoms with Crippen LogP contribution >= 0.6 is 0 Å². The van der Waals surface area contributed by atoms with Crippen molar-refractivity contribution in [3.8, 4) is 0 Å². The maximum Gasteiger partial charge on any atom is 0.407 e. The van der Waals surface area contributed by atoms with E-state index in [1.165, 1.54) is 32.1 Å². The third-order valence-corrected chi connectivity index (χ3v) is 5.88. The lowest BCUT2D eigenvalue weighted by atomic mass is 9.65. The highest BCUT2D eigenvalue weighted by Gasteiger charge is 2.48. The summed E-state index contributed by atoms with van der Waals surface area (Å²) in [4.78, 5) is 19.3. The highest BCUT2D eigenvalue weighted by Crippen LogP contribution is 2.57. The molecule has 0 unspecified atom stereocenters. The average molecular weight is 365 g/mol. The number of carbonyl (C=O) groups is 1. The van der Waals surface area contributed by atoms with Crippen LogP contribution in [0.1, 0.15) is 66.2 Å². The number of alkyl carbamates (subject to hydrolysis) is 1. The number of likely N-dealkylation sites (tertiary alicyclic amines) is 1. The maximum absolute atomic E-state index is 12.0. The number of amides is 1. The van der Waals surface area contributed by atoms with E-state index in [2.05, 4.69) is 22.5 Å². The van der Waals surface area contributed by atoms with Gasteiger partial charge in [-0.3, -0.25) is 4.99 Å². The van der Waals surface area contributed by atoms with Gasteiger partial charge in [-0.2, -0.15) is 0 Å². The van der Waals surface area contributed by atoms with Crippen LogP contribution in [0.25, 0.3) is 0 Å². The molecule has 0 bridgehead atoms. The van der Waals surface area contributed by atoms with Gasteiger partial charge in [0.05, 0.1) is 6.04 Å². The molecule has 0 aromatic heterocycles. The van der Waals surface area contributed by atoms with Crippen LogP contribution in [0.3, 0.4) is 0 Å². The average Bonchev–Trinajstić information content (AvgIpc) is 3.23. The summed E-state index contributed by atoms with van der Waals surface area (Å²) in [7, 11) is 0. The minimum atomic E-state index is -0.460. The molecule has 1 amide bonds. The van der Waals surface area contributed by atoms with Gasteiger partial charge in [-0.05, 0) is 71.1 Å². The van der Waals surface area contributed by atoms with Crippen LogP contribution in [0.4, 0.5) is 4.79 Å². The monoisotopic (exact) mass is 364 g/mol. The molecule has 3 aliphatic rings. The lowest BCUT2D eigenvalue weighted by Crippen LogP contribution is -2.45. The first-order valence-electron chi connectivity index (χ1n) is 10.3. The Kier molecular flexibility index (Phi) is 5.68. The maximum atomic E-state index is 12.0. The summed E-state index contributed by atoms with van der Waals surface area (Å²) in [6.45, 7) is 11.3. The largest absolute Gasteiger partial charge is 0.444 e. The molecule has 2 saturated carbocycles. The second-order valence-electron chi connectivity index (χ2n) is 9.24. The molecule has 1 heterocycles. The van der Waals surface area contributed by atoms with Crippen molar-refractivity contribution >= 4 is 12.1 Å². The van der Waals surface area contributed by atoms with Crippen molar-refractivity contribution in [2.75, 3.05) is 26.2 Å². The Morgan fingerprint density at radius 2 is 2.00 bits per heavy atom. The molecule has 2 N–H and O–H groups in total. The molecule has 2 aliphatic carbocycles. The fourth-order valence-electron chi connectivity index (χ4n) is 4.22. The zero-order chi connectivity index (χ0) is 18.8. The normalized spacial score (nSPS) is 25.6. The van der Waals surface area contributed by atoms with Crippen LogP contribution in [0.2, 0.25) is 0 Å². The molecule has 0 spiro atoms. The highest BCUT2D eigenvalue weighted by molar-refractivity contribution is 5.80. The number of ether oxygens (including phenoxy) is 1. The van der Waals surface area contributed by atoms with Crippen LogP contribution in [0, 0.1) is 11.3 Å². The lowest BCUT2D eigenvalue weighted by molar-refractivity contribution is 0.0507. The van der Waals surface area contributed by atoms with Gasteiger partial charge in [0.1, 0.15) is 5.60 Å². The predicted octanol–water partition coefficient (Wildman–Crippen LogP) is 3.13. The van der Waals surface area contributed by atoms with Gasteiger partial charge in [0.15, 0.2) is 5.96 Å². The SMILES string of the molecule is CCNC(=NCC1(C2CC2)CCC1)N1CC[C@@H](NC(=O)OC(C)(C)C)C1. The zero-order valence-electron chi connectivity index (χ0n) is 16.9. The molecule has 0 aromatic carbocycles. The number of nitrogens with zero attached hydrogens (tertiary/aromatic N) is 2. The van der Waals surface area contributed by atoms with E-state index in [1.54, 1.807) is 0 Å². The molecule has 6 heteroatoms. The van der Waals surface area contributed by atoms with Gasteiger partial charge in [-0.1, -0.05) is 6.42 Å². The molecule has 0 radical (unpaired) electrons. The second kappa shape index (κ2) is 7.65. The number of carbonyl (C=O) groups excluding carboxylic acids is 1. The zero-order valence-corrected chi connectivity index (χ0v) is 16.9. The first-order valence-corrected chi connectivity index (χ1v) is 10.3. The molecule has 26 heavy (non-hydrogen) atoms. The Labute approximate surface area is 158 Å². The van der Waals surface area contributed by atoms with Crippen LogP contribution < -0.4 is 10.6 Å². The Bertz CT molecular complexity index is 532. The third-order valence-electron chi connectivity index (χ3n) is 5.88. The van der Waals surface area contributed by atoms with E-state index in [9.17, 15) is 4.79 Å². The summed E-state index contributed by atoms with van der Waals surface area (Å²) in [5.74, 6) is 1.93. The second-order valence-corrected chi connectivity index (χ2v) is 9.24. The van der Waals surface area contributed by atoms with E-state index in [0.717, 1.165) is 44.5 Å². The topological polar surface area (TPSA) is 66.0 Å². The van der Waals surface area contributed by atoms with Gasteiger partial charge in [0.25, 0.3) is 0 Å². The lowest BCUT2D eigenvalue weighted by Gasteiger charge is -2.41. The quantitative estimate of drug-likeness (QED) is 0.581. The number of nitrogens with one attached hydrogen (secondary N) is 2. The van der Waals surface area contributed by atoms with Crippen molar-refractivity contribution < 1.29 is 9.53 Å². The van der Waals surface area contributed by atoms with Crippen molar-refractivity contribution in [3.63, 3.8) is 0 Å². The first kappa shape index (κ1) is 19.3. The van der Waals surface area contributed by atoms with Crippen molar-refractivity contribution in [1.29, 1.82) is 0 Å². The molecule has 6 nitrogen and oxygen atoms in total. The standard InChI is InChI=1S/C20H36N4O2/c1-5-21-17(22-14-20(10-6-11-20)15-7-8-15)24-12-9-16(13-24)23-18(25)26-19(2,3)4/h15-16H,5-14H2,1-4H3,(H,21,22)(H,23,25)/t16-/m1/s1. The molecule has 3 rings (SSSR count). The predicted molar refractivity (Wildman–Crippen MR) is 104 cm³/mol. The first-order chi connectivity index (χ1) is 12.3. The fraction of sp³-hybridized carbons (Fsp3) is 0.900. The van der Waals surface area contributed by atoms with E-state index in [0.29, 0.717) is 5.41 Å². The van der Waals surface area contributed by atoms with E-state index in [4.69, 9.17) is 9.73 Å². The van der Waals surface area contributed by atoms with Crippen LogP contribution in [-0.2, 0) is 4.74 Å². The molecular weight excluding hydrogens is 328 g/mol. The van der Waals surface area contributed by atoms with Crippen molar-refractivity contribution in [3.05, 3.63) is 0 Å². The third kappa shape index (κ3) is 4.83. The summed E-state index contributed by atoms with van der Waals surface area (Å²) in [5, 5.41) is 6.45. The molecule has 1 atom stereocenters. The summed E-state index contributed by atoms with van der Waals surface area (Å²) in [5.41, 5.74) is 0.0349. The molecule has 1 saturated heterocycles. The Morgan fingerprint density at radius 1 is 1.27 bits per heavy atom. The Morgan fingerprint density at radius 3 is 2.54 bits per heavy atom. The van der Waals surface area contributed by atoms with Gasteiger partial charge in [0.2, 0.25) is 0 Å². The van der Waals surface area contributed by atoms with Crippen molar-refractivity contribution in [1.82, 2.24) is 15.5 Å². The molecule has 1 aliphatic heterocycles. The molecule has 3 fully saturated rings. The molecular formula is C20H36N4O2. The van der Waals surface area contributed by atoms with E-state index >= 15 is 0 Å². The van der Waals surface area contributed by atoms with E-state index in [1.807, 2.05) is 20.8 Å². The number of hydrogen-bond acceptors (Lipinski definition) is 3. The van der Waals surface area contributed by atoms with Gasteiger partial charge in [0, 0.05) is 26.2 Å². The van der Waals surface area contributed by atoms with Gasteiger partial charge >= 0.3 is 6.09 Å². The summed E-state index contributed by atoms with van der Waals surface area (Å²) >= 11 is 0. The Hall–Kier alpha value is -1.46. The van der Waals surface area contributed by atoms with Crippen LogP contribution in [-0.4, -0.2) is 54.8 Å². The number of aliphatic imine (C=N–C) groups is 1. The molecule has 148 valence electrons. The summed E-state index contributed by atoms with van der Waals surface area (Å²) in [6, 6.07) is 0.120. The van der Waals surface area contributed by atoms with Crippen molar-refractivity contribution in [2.45, 2.75) is 77.9 Å².